The number of hydrogen-bond acceptors (Lipinski definition) is 3. The summed E-state index contributed by atoms with van der Waals surface area (Å²) < 4.78 is 27.3. The first-order chi connectivity index (χ1) is 8.65. The lowest BCUT2D eigenvalue weighted by atomic mass is 10.1. The first kappa shape index (κ1) is 16.4. The van der Waals surface area contributed by atoms with Gasteiger partial charge in [0.1, 0.15) is 0 Å². The molecule has 0 aliphatic carbocycles. The Morgan fingerprint density at radius 2 is 2.05 bits per heavy atom. The van der Waals surface area contributed by atoms with E-state index >= 15 is 0 Å². The highest BCUT2D eigenvalue weighted by molar-refractivity contribution is 9.11. The van der Waals surface area contributed by atoms with Crippen LogP contribution < -0.4 is 4.72 Å². The summed E-state index contributed by atoms with van der Waals surface area (Å²) in [7, 11) is -3.82. The molecule has 0 aromatic heterocycles. The second-order valence-electron chi connectivity index (χ2n) is 3.75. The number of carbonyl (C=O) groups is 1. The number of hydrogen-bond donors (Lipinski definition) is 2. The molecule has 0 amide bonds. The van der Waals surface area contributed by atoms with Gasteiger partial charge >= 0.3 is 5.97 Å². The van der Waals surface area contributed by atoms with Crippen molar-refractivity contribution in [1.82, 2.24) is 4.72 Å². The third-order valence-corrected chi connectivity index (χ3v) is 5.23. The molecule has 5 nitrogen and oxygen atoms in total. The number of aromatic carboxylic acids is 1. The summed E-state index contributed by atoms with van der Waals surface area (Å²) in [4.78, 5) is 10.8. The SMILES string of the molecule is C=C(Br)CNS(=O)(=O)c1cc(C(=O)O)cc(C)c1Br. The lowest BCUT2D eigenvalue weighted by Crippen LogP contribution is -2.25. The third-order valence-electron chi connectivity index (χ3n) is 2.21. The summed E-state index contributed by atoms with van der Waals surface area (Å²) in [5.41, 5.74) is 0.441. The summed E-state index contributed by atoms with van der Waals surface area (Å²) >= 11 is 6.20. The highest BCUT2D eigenvalue weighted by atomic mass is 79.9. The van der Waals surface area contributed by atoms with E-state index in [4.69, 9.17) is 5.11 Å². The molecule has 0 atom stereocenters. The minimum atomic E-state index is -3.82. The molecule has 0 heterocycles. The van der Waals surface area contributed by atoms with Crippen molar-refractivity contribution in [1.29, 1.82) is 0 Å². The fourth-order valence-corrected chi connectivity index (χ4v) is 3.70. The number of carboxylic acids is 1. The number of aryl methyl sites for hydroxylation is 1. The number of benzene rings is 1. The van der Waals surface area contributed by atoms with Crippen LogP contribution in [0.3, 0.4) is 0 Å². The van der Waals surface area contributed by atoms with Gasteiger partial charge in [0.05, 0.1) is 10.5 Å². The fraction of sp³-hybridized carbons (Fsp3) is 0.182. The Hall–Kier alpha value is -0.700. The molecule has 0 unspecified atom stereocenters. The summed E-state index contributed by atoms with van der Waals surface area (Å²) in [6.45, 7) is 5.16. The molecule has 0 saturated heterocycles. The van der Waals surface area contributed by atoms with E-state index in [0.29, 0.717) is 14.5 Å². The number of halogens is 2. The van der Waals surface area contributed by atoms with Gasteiger partial charge in [0.2, 0.25) is 10.0 Å². The van der Waals surface area contributed by atoms with Gasteiger partial charge in [0.25, 0.3) is 0 Å². The zero-order valence-corrected chi connectivity index (χ0v) is 13.9. The predicted octanol–water partition coefficient (Wildman–Crippen LogP) is 2.64. The Bertz CT molecular complexity index is 640. The molecule has 8 heteroatoms. The quantitative estimate of drug-likeness (QED) is 0.778. The van der Waals surface area contributed by atoms with E-state index in [2.05, 4.69) is 43.2 Å². The minimum absolute atomic E-state index is 0.0190. The van der Waals surface area contributed by atoms with Gasteiger partial charge in [0, 0.05) is 15.5 Å². The maximum absolute atomic E-state index is 12.1. The van der Waals surface area contributed by atoms with E-state index in [1.165, 1.54) is 6.07 Å². The van der Waals surface area contributed by atoms with Gasteiger partial charge in [-0.2, -0.15) is 0 Å². The molecule has 0 saturated carbocycles. The Morgan fingerprint density at radius 1 is 1.47 bits per heavy atom. The lowest BCUT2D eigenvalue weighted by molar-refractivity contribution is 0.0696. The molecule has 0 aliphatic rings. The van der Waals surface area contributed by atoms with Crippen LogP contribution in [0.1, 0.15) is 15.9 Å². The van der Waals surface area contributed by atoms with Crippen molar-refractivity contribution in [3.63, 3.8) is 0 Å². The van der Waals surface area contributed by atoms with Crippen molar-refractivity contribution in [2.24, 2.45) is 0 Å². The highest BCUT2D eigenvalue weighted by Crippen LogP contribution is 2.27. The number of nitrogens with one attached hydrogen (secondary N) is 1. The molecule has 1 aromatic rings. The fourth-order valence-electron chi connectivity index (χ4n) is 1.31. The molecule has 0 radical (unpaired) electrons. The molecule has 0 bridgehead atoms. The zero-order valence-electron chi connectivity index (χ0n) is 9.91. The van der Waals surface area contributed by atoms with Gasteiger partial charge in [-0.05, 0) is 40.5 Å². The standard InChI is InChI=1S/C11H11Br2NO4S/c1-6-3-8(11(15)16)4-9(10(6)13)19(17,18)14-5-7(2)12/h3-4,14H,2,5H2,1H3,(H,15,16). The van der Waals surface area contributed by atoms with Crippen molar-refractivity contribution < 1.29 is 18.3 Å². The van der Waals surface area contributed by atoms with Gasteiger partial charge in [-0.25, -0.2) is 17.9 Å². The van der Waals surface area contributed by atoms with Gasteiger partial charge in [-0.1, -0.05) is 22.5 Å². The molecule has 2 N–H and O–H groups in total. The van der Waals surface area contributed by atoms with E-state index in [9.17, 15) is 13.2 Å². The van der Waals surface area contributed by atoms with Crippen LogP contribution in [0, 0.1) is 6.92 Å². The van der Waals surface area contributed by atoms with Crippen molar-refractivity contribution in [2.45, 2.75) is 11.8 Å². The zero-order chi connectivity index (χ0) is 14.8. The molecular formula is C11H11Br2NO4S. The Labute approximate surface area is 128 Å². The van der Waals surface area contributed by atoms with E-state index in [1.54, 1.807) is 6.92 Å². The molecule has 0 spiro atoms. The van der Waals surface area contributed by atoms with Crippen LogP contribution in [0.25, 0.3) is 0 Å². The lowest BCUT2D eigenvalue weighted by Gasteiger charge is -2.11. The second kappa shape index (κ2) is 6.17. The predicted molar refractivity (Wildman–Crippen MR) is 79.1 cm³/mol. The monoisotopic (exact) mass is 411 g/mol. The summed E-state index contributed by atoms with van der Waals surface area (Å²) in [5, 5.41) is 8.96. The van der Waals surface area contributed by atoms with E-state index < -0.39 is 16.0 Å². The number of sulfonamides is 1. The van der Waals surface area contributed by atoms with Crippen molar-refractivity contribution >= 4 is 47.9 Å². The molecule has 0 aliphatic heterocycles. The maximum Gasteiger partial charge on any atom is 0.335 e. The summed E-state index contributed by atoms with van der Waals surface area (Å²) in [5.74, 6) is -1.18. The molecule has 104 valence electrons. The average Bonchev–Trinajstić information content (AvgIpc) is 2.29. The summed E-state index contributed by atoms with van der Waals surface area (Å²) in [6, 6.07) is 2.51. The normalized spacial score (nSPS) is 11.3. The molecule has 0 fully saturated rings. The van der Waals surface area contributed by atoms with Gasteiger partial charge in [-0.15, -0.1) is 0 Å². The third kappa shape index (κ3) is 4.13. The van der Waals surface area contributed by atoms with Crippen LogP contribution in [0.5, 0.6) is 0 Å². The first-order valence-corrected chi connectivity index (χ1v) is 8.08. The smallest absolute Gasteiger partial charge is 0.335 e. The van der Waals surface area contributed by atoms with Crippen LogP contribution >= 0.6 is 31.9 Å². The van der Waals surface area contributed by atoms with Crippen molar-refractivity contribution in [3.05, 3.63) is 38.8 Å². The van der Waals surface area contributed by atoms with Gasteiger partial charge < -0.3 is 5.11 Å². The van der Waals surface area contributed by atoms with E-state index in [1.807, 2.05) is 0 Å². The van der Waals surface area contributed by atoms with E-state index in [-0.39, 0.29) is 17.0 Å². The van der Waals surface area contributed by atoms with Crippen LogP contribution in [0.15, 0.2) is 32.6 Å². The second-order valence-corrected chi connectivity index (χ2v) is 7.40. The molecule has 1 rings (SSSR count). The minimum Gasteiger partial charge on any atom is -0.478 e. The van der Waals surface area contributed by atoms with Crippen LogP contribution in [0.4, 0.5) is 0 Å². The number of rotatable bonds is 5. The number of carboxylic acid groups (broad SMARTS) is 1. The Balaban J connectivity index is 3.33. The van der Waals surface area contributed by atoms with Crippen LogP contribution in [0.2, 0.25) is 0 Å². The van der Waals surface area contributed by atoms with Crippen LogP contribution in [-0.4, -0.2) is 26.0 Å². The van der Waals surface area contributed by atoms with Crippen molar-refractivity contribution in [2.75, 3.05) is 6.54 Å². The Kier molecular flexibility index (Phi) is 5.31. The summed E-state index contributed by atoms with van der Waals surface area (Å²) in [6.07, 6.45) is 0. The molecule has 1 aromatic carbocycles. The molecular weight excluding hydrogens is 402 g/mol. The van der Waals surface area contributed by atoms with Gasteiger partial charge in [-0.3, -0.25) is 0 Å². The molecule has 19 heavy (non-hydrogen) atoms. The topological polar surface area (TPSA) is 83.5 Å². The average molecular weight is 413 g/mol. The van der Waals surface area contributed by atoms with Gasteiger partial charge in [0.15, 0.2) is 0 Å². The largest absolute Gasteiger partial charge is 0.478 e. The van der Waals surface area contributed by atoms with Crippen molar-refractivity contribution in [3.8, 4) is 0 Å². The Morgan fingerprint density at radius 3 is 2.53 bits per heavy atom. The highest BCUT2D eigenvalue weighted by Gasteiger charge is 2.21. The van der Waals surface area contributed by atoms with E-state index in [0.717, 1.165) is 6.07 Å². The maximum atomic E-state index is 12.1. The van der Waals surface area contributed by atoms with Crippen LogP contribution in [-0.2, 0) is 10.0 Å². The first-order valence-electron chi connectivity index (χ1n) is 5.01.